The molecule has 0 saturated heterocycles. The Bertz CT molecular complexity index is 540. The number of aliphatic hydroxyl groups is 1. The van der Waals surface area contributed by atoms with Gasteiger partial charge in [-0.3, -0.25) is 0 Å². The van der Waals surface area contributed by atoms with Gasteiger partial charge in [-0.1, -0.05) is 46.3 Å². The first-order valence-corrected chi connectivity index (χ1v) is 6.58. The summed E-state index contributed by atoms with van der Waals surface area (Å²) >= 11 is 3.47. The fourth-order valence-electron chi connectivity index (χ4n) is 1.85. The fraction of sp³-hybridized carbons (Fsp3) is 0.200. The SMILES string of the molecule is CN(C)c1cccc(C(O)c2ccccc2Br)c1. The van der Waals surface area contributed by atoms with Crippen molar-refractivity contribution in [3.63, 3.8) is 0 Å². The van der Waals surface area contributed by atoms with Gasteiger partial charge in [-0.15, -0.1) is 0 Å². The van der Waals surface area contributed by atoms with Crippen LogP contribution in [0.3, 0.4) is 0 Å². The van der Waals surface area contributed by atoms with Gasteiger partial charge >= 0.3 is 0 Å². The van der Waals surface area contributed by atoms with Gasteiger partial charge in [-0.2, -0.15) is 0 Å². The molecule has 0 aromatic heterocycles. The van der Waals surface area contributed by atoms with E-state index in [1.54, 1.807) is 0 Å². The fourth-order valence-corrected chi connectivity index (χ4v) is 2.35. The Morgan fingerprint density at radius 1 is 1.06 bits per heavy atom. The van der Waals surface area contributed by atoms with Gasteiger partial charge in [0.25, 0.3) is 0 Å². The van der Waals surface area contributed by atoms with Crippen LogP contribution in [0, 0.1) is 0 Å². The topological polar surface area (TPSA) is 23.5 Å². The van der Waals surface area contributed by atoms with Crippen molar-refractivity contribution >= 4 is 21.6 Å². The second-order valence-corrected chi connectivity index (χ2v) is 5.27. The maximum atomic E-state index is 10.4. The largest absolute Gasteiger partial charge is 0.384 e. The van der Waals surface area contributed by atoms with Gasteiger partial charge in [0, 0.05) is 24.3 Å². The minimum Gasteiger partial charge on any atom is -0.384 e. The summed E-state index contributed by atoms with van der Waals surface area (Å²) in [4.78, 5) is 2.02. The van der Waals surface area contributed by atoms with Gasteiger partial charge in [-0.25, -0.2) is 0 Å². The summed E-state index contributed by atoms with van der Waals surface area (Å²) in [5, 5.41) is 10.4. The molecular formula is C15H16BrNO. The standard InChI is InChI=1S/C15H16BrNO/c1-17(2)12-7-5-6-11(10-12)15(18)13-8-3-4-9-14(13)16/h3-10,15,18H,1-2H3. The Balaban J connectivity index is 2.37. The Labute approximate surface area is 116 Å². The highest BCUT2D eigenvalue weighted by Crippen LogP contribution is 2.29. The van der Waals surface area contributed by atoms with E-state index < -0.39 is 6.10 Å². The molecule has 2 aromatic carbocycles. The Morgan fingerprint density at radius 2 is 1.78 bits per heavy atom. The number of hydrogen-bond acceptors (Lipinski definition) is 2. The molecule has 1 unspecified atom stereocenters. The quantitative estimate of drug-likeness (QED) is 0.936. The molecular weight excluding hydrogens is 290 g/mol. The van der Waals surface area contributed by atoms with E-state index in [1.165, 1.54) is 0 Å². The average Bonchev–Trinajstić information content (AvgIpc) is 2.38. The first-order valence-electron chi connectivity index (χ1n) is 5.79. The summed E-state index contributed by atoms with van der Waals surface area (Å²) in [5.74, 6) is 0. The zero-order valence-corrected chi connectivity index (χ0v) is 12.1. The normalized spacial score (nSPS) is 12.2. The van der Waals surface area contributed by atoms with Gasteiger partial charge in [0.2, 0.25) is 0 Å². The van der Waals surface area contributed by atoms with Crippen LogP contribution >= 0.6 is 15.9 Å². The van der Waals surface area contributed by atoms with E-state index >= 15 is 0 Å². The summed E-state index contributed by atoms with van der Waals surface area (Å²) in [6.45, 7) is 0. The molecule has 2 rings (SSSR count). The molecule has 94 valence electrons. The van der Waals surface area contributed by atoms with E-state index in [0.29, 0.717) is 0 Å². The Kier molecular flexibility index (Phi) is 4.04. The van der Waals surface area contributed by atoms with Crippen LogP contribution in [0.4, 0.5) is 5.69 Å². The first-order chi connectivity index (χ1) is 8.59. The zero-order chi connectivity index (χ0) is 13.1. The van der Waals surface area contributed by atoms with Crippen molar-refractivity contribution in [1.82, 2.24) is 0 Å². The first kappa shape index (κ1) is 13.1. The molecule has 0 heterocycles. The van der Waals surface area contributed by atoms with Gasteiger partial charge in [-0.05, 0) is 29.3 Å². The zero-order valence-electron chi connectivity index (χ0n) is 10.5. The smallest absolute Gasteiger partial charge is 0.105 e. The Hall–Kier alpha value is -1.32. The third-order valence-electron chi connectivity index (χ3n) is 2.90. The molecule has 2 nitrogen and oxygen atoms in total. The van der Waals surface area contributed by atoms with Crippen molar-refractivity contribution in [3.05, 3.63) is 64.1 Å². The third-order valence-corrected chi connectivity index (χ3v) is 3.62. The van der Waals surface area contributed by atoms with Gasteiger partial charge in [0.15, 0.2) is 0 Å². The van der Waals surface area contributed by atoms with E-state index in [4.69, 9.17) is 0 Å². The van der Waals surface area contributed by atoms with Crippen molar-refractivity contribution in [3.8, 4) is 0 Å². The monoisotopic (exact) mass is 305 g/mol. The number of nitrogens with zero attached hydrogens (tertiary/aromatic N) is 1. The van der Waals surface area contributed by atoms with Crippen LogP contribution in [0.2, 0.25) is 0 Å². The van der Waals surface area contributed by atoms with E-state index in [2.05, 4.69) is 15.9 Å². The lowest BCUT2D eigenvalue weighted by Crippen LogP contribution is -2.09. The summed E-state index contributed by atoms with van der Waals surface area (Å²) < 4.78 is 0.924. The van der Waals surface area contributed by atoms with E-state index in [0.717, 1.165) is 21.3 Å². The van der Waals surface area contributed by atoms with Crippen LogP contribution in [0.15, 0.2) is 53.0 Å². The lowest BCUT2D eigenvalue weighted by molar-refractivity contribution is 0.219. The molecule has 0 amide bonds. The predicted octanol–water partition coefficient (Wildman–Crippen LogP) is 3.60. The molecule has 0 bridgehead atoms. The lowest BCUT2D eigenvalue weighted by atomic mass is 10.0. The summed E-state index contributed by atoms with van der Waals surface area (Å²) in [6.07, 6.45) is -0.611. The van der Waals surface area contributed by atoms with Crippen molar-refractivity contribution in [2.45, 2.75) is 6.10 Å². The van der Waals surface area contributed by atoms with Crippen molar-refractivity contribution in [1.29, 1.82) is 0 Å². The highest BCUT2D eigenvalue weighted by Gasteiger charge is 2.13. The van der Waals surface area contributed by atoms with Crippen LogP contribution in [-0.4, -0.2) is 19.2 Å². The average molecular weight is 306 g/mol. The molecule has 0 fully saturated rings. The molecule has 0 aliphatic carbocycles. The minimum atomic E-state index is -0.611. The summed E-state index contributed by atoms with van der Waals surface area (Å²) in [7, 11) is 3.98. The summed E-state index contributed by atoms with van der Waals surface area (Å²) in [6, 6.07) is 15.7. The van der Waals surface area contributed by atoms with Gasteiger partial charge in [0.05, 0.1) is 0 Å². The maximum absolute atomic E-state index is 10.4. The molecule has 18 heavy (non-hydrogen) atoms. The number of aliphatic hydroxyl groups excluding tert-OH is 1. The van der Waals surface area contributed by atoms with Crippen molar-refractivity contribution < 1.29 is 5.11 Å². The number of hydrogen-bond donors (Lipinski definition) is 1. The van der Waals surface area contributed by atoms with Crippen LogP contribution < -0.4 is 4.90 Å². The van der Waals surface area contributed by atoms with Gasteiger partial charge < -0.3 is 10.0 Å². The maximum Gasteiger partial charge on any atom is 0.105 e. The van der Waals surface area contributed by atoms with Crippen LogP contribution in [0.25, 0.3) is 0 Å². The highest BCUT2D eigenvalue weighted by molar-refractivity contribution is 9.10. The number of halogens is 1. The third kappa shape index (κ3) is 2.74. The van der Waals surface area contributed by atoms with E-state index in [1.807, 2.05) is 67.5 Å². The van der Waals surface area contributed by atoms with Crippen LogP contribution in [0.1, 0.15) is 17.2 Å². The summed E-state index contributed by atoms with van der Waals surface area (Å²) in [5.41, 5.74) is 2.86. The van der Waals surface area contributed by atoms with Crippen molar-refractivity contribution in [2.75, 3.05) is 19.0 Å². The number of rotatable bonds is 3. The van der Waals surface area contributed by atoms with Crippen LogP contribution in [0.5, 0.6) is 0 Å². The second-order valence-electron chi connectivity index (χ2n) is 4.41. The van der Waals surface area contributed by atoms with Crippen molar-refractivity contribution in [2.24, 2.45) is 0 Å². The van der Waals surface area contributed by atoms with Crippen LogP contribution in [-0.2, 0) is 0 Å². The Morgan fingerprint density at radius 3 is 2.44 bits per heavy atom. The molecule has 0 saturated carbocycles. The lowest BCUT2D eigenvalue weighted by Gasteiger charge is -2.17. The molecule has 3 heteroatoms. The molecule has 0 aliphatic heterocycles. The molecule has 0 aliphatic rings. The second kappa shape index (κ2) is 5.55. The number of anilines is 1. The predicted molar refractivity (Wildman–Crippen MR) is 79.0 cm³/mol. The minimum absolute atomic E-state index is 0.611. The van der Waals surface area contributed by atoms with E-state index in [-0.39, 0.29) is 0 Å². The highest BCUT2D eigenvalue weighted by atomic mass is 79.9. The number of benzene rings is 2. The molecule has 0 spiro atoms. The molecule has 1 atom stereocenters. The van der Waals surface area contributed by atoms with E-state index in [9.17, 15) is 5.11 Å². The molecule has 0 radical (unpaired) electrons. The van der Waals surface area contributed by atoms with Gasteiger partial charge in [0.1, 0.15) is 6.10 Å². The molecule has 1 N–H and O–H groups in total. The molecule has 2 aromatic rings.